The van der Waals surface area contributed by atoms with E-state index in [0.29, 0.717) is 10.6 Å². The van der Waals surface area contributed by atoms with Crippen LogP contribution in [0.25, 0.3) is 0 Å². The summed E-state index contributed by atoms with van der Waals surface area (Å²) >= 11 is 1.09. The molecular weight excluding hydrogens is 269 g/mol. The Kier molecular flexibility index (Phi) is 4.26. The van der Waals surface area contributed by atoms with Crippen molar-refractivity contribution in [1.29, 1.82) is 0 Å². The van der Waals surface area contributed by atoms with Crippen LogP contribution in [0.15, 0.2) is 23.1 Å². The third-order valence-electron chi connectivity index (χ3n) is 2.50. The second kappa shape index (κ2) is 5.92. The highest BCUT2D eigenvalue weighted by Gasteiger charge is 2.23. The third-order valence-corrected chi connectivity index (χ3v) is 3.57. The Bertz CT molecular complexity index is 506. The molecule has 0 bridgehead atoms. The summed E-state index contributed by atoms with van der Waals surface area (Å²) in [5.74, 6) is -0.846. The molecule has 19 heavy (non-hydrogen) atoms. The number of benzene rings is 1. The van der Waals surface area contributed by atoms with Gasteiger partial charge in [0, 0.05) is 16.6 Å². The molecule has 4 N–H and O–H groups in total. The van der Waals surface area contributed by atoms with Gasteiger partial charge < -0.3 is 11.1 Å². The lowest BCUT2D eigenvalue weighted by Gasteiger charge is -2.07. The SMILES string of the molecule is Nc1ccc(F)cc1SCC(=O)NC(=O)NC1CC1. The first-order valence-electron chi connectivity index (χ1n) is 5.83. The van der Waals surface area contributed by atoms with E-state index >= 15 is 0 Å². The zero-order valence-corrected chi connectivity index (χ0v) is 10.9. The first kappa shape index (κ1) is 13.7. The van der Waals surface area contributed by atoms with Crippen molar-refractivity contribution in [1.82, 2.24) is 10.6 Å². The summed E-state index contributed by atoms with van der Waals surface area (Å²) in [4.78, 5) is 23.3. The number of urea groups is 1. The lowest BCUT2D eigenvalue weighted by atomic mass is 10.3. The number of amides is 3. The largest absolute Gasteiger partial charge is 0.398 e. The van der Waals surface area contributed by atoms with Gasteiger partial charge in [0.05, 0.1) is 5.75 Å². The standard InChI is InChI=1S/C12H14FN3O2S/c13-7-1-4-9(14)10(5-7)19-6-11(17)16-12(18)15-8-2-3-8/h1,4-5,8H,2-3,6,14H2,(H2,15,16,17,18). The second-order valence-corrected chi connectivity index (χ2v) is 5.28. The maximum Gasteiger partial charge on any atom is 0.321 e. The normalized spacial score (nSPS) is 13.9. The Morgan fingerprint density at radius 2 is 2.16 bits per heavy atom. The van der Waals surface area contributed by atoms with Crippen molar-refractivity contribution in [3.05, 3.63) is 24.0 Å². The molecule has 5 nitrogen and oxygen atoms in total. The number of anilines is 1. The Labute approximate surface area is 114 Å². The number of carbonyl (C=O) groups is 2. The zero-order chi connectivity index (χ0) is 13.8. The van der Waals surface area contributed by atoms with E-state index in [1.807, 2.05) is 0 Å². The summed E-state index contributed by atoms with van der Waals surface area (Å²) in [6, 6.07) is 3.66. The van der Waals surface area contributed by atoms with E-state index < -0.39 is 17.8 Å². The number of thioether (sulfide) groups is 1. The molecule has 1 aliphatic rings. The van der Waals surface area contributed by atoms with Crippen molar-refractivity contribution in [2.75, 3.05) is 11.5 Å². The van der Waals surface area contributed by atoms with Gasteiger partial charge in [-0.05, 0) is 31.0 Å². The van der Waals surface area contributed by atoms with Gasteiger partial charge in [-0.2, -0.15) is 0 Å². The zero-order valence-electron chi connectivity index (χ0n) is 10.1. The van der Waals surface area contributed by atoms with Crippen LogP contribution in [0, 0.1) is 5.82 Å². The fourth-order valence-electron chi connectivity index (χ4n) is 1.39. The van der Waals surface area contributed by atoms with Crippen LogP contribution in [-0.2, 0) is 4.79 Å². The minimum absolute atomic E-state index is 0.00569. The summed E-state index contributed by atoms with van der Waals surface area (Å²) in [7, 11) is 0. The van der Waals surface area contributed by atoms with Gasteiger partial charge >= 0.3 is 6.03 Å². The minimum Gasteiger partial charge on any atom is -0.398 e. The first-order valence-corrected chi connectivity index (χ1v) is 6.81. The molecule has 3 amide bonds. The monoisotopic (exact) mass is 283 g/mol. The molecule has 0 radical (unpaired) electrons. The topological polar surface area (TPSA) is 84.2 Å². The van der Waals surface area contributed by atoms with E-state index in [1.54, 1.807) is 0 Å². The number of hydrogen-bond acceptors (Lipinski definition) is 4. The minimum atomic E-state index is -0.486. The van der Waals surface area contributed by atoms with Crippen LogP contribution < -0.4 is 16.4 Å². The van der Waals surface area contributed by atoms with Gasteiger partial charge in [-0.3, -0.25) is 10.1 Å². The van der Waals surface area contributed by atoms with Gasteiger partial charge in [0.1, 0.15) is 5.82 Å². The summed E-state index contributed by atoms with van der Waals surface area (Å²) in [6.45, 7) is 0. The molecule has 1 aromatic carbocycles. The van der Waals surface area contributed by atoms with Gasteiger partial charge in [0.15, 0.2) is 0 Å². The van der Waals surface area contributed by atoms with Crippen molar-refractivity contribution in [2.24, 2.45) is 0 Å². The van der Waals surface area contributed by atoms with E-state index in [2.05, 4.69) is 10.6 Å². The van der Waals surface area contributed by atoms with Crippen LogP contribution in [0.4, 0.5) is 14.9 Å². The number of halogens is 1. The van der Waals surface area contributed by atoms with Gasteiger partial charge in [-0.1, -0.05) is 0 Å². The van der Waals surface area contributed by atoms with Crippen molar-refractivity contribution in [2.45, 2.75) is 23.8 Å². The molecule has 1 fully saturated rings. The lowest BCUT2D eigenvalue weighted by Crippen LogP contribution is -2.41. The van der Waals surface area contributed by atoms with Crippen LogP contribution in [0.2, 0.25) is 0 Å². The molecule has 0 saturated heterocycles. The Hall–Kier alpha value is -1.76. The summed E-state index contributed by atoms with van der Waals surface area (Å²) in [5, 5.41) is 4.85. The van der Waals surface area contributed by atoms with E-state index in [1.165, 1.54) is 18.2 Å². The molecule has 1 saturated carbocycles. The molecule has 1 aromatic rings. The van der Waals surface area contributed by atoms with E-state index in [4.69, 9.17) is 5.73 Å². The molecule has 1 aliphatic carbocycles. The molecule has 0 atom stereocenters. The highest BCUT2D eigenvalue weighted by atomic mass is 32.2. The molecule has 0 heterocycles. The Morgan fingerprint density at radius 3 is 2.84 bits per heavy atom. The molecule has 102 valence electrons. The molecular formula is C12H14FN3O2S. The smallest absolute Gasteiger partial charge is 0.321 e. The molecule has 0 spiro atoms. The number of nitrogens with two attached hydrogens (primary N) is 1. The average molecular weight is 283 g/mol. The highest BCUT2D eigenvalue weighted by molar-refractivity contribution is 8.00. The van der Waals surface area contributed by atoms with E-state index in [9.17, 15) is 14.0 Å². The predicted molar refractivity (Wildman–Crippen MR) is 71.2 cm³/mol. The van der Waals surface area contributed by atoms with Crippen LogP contribution in [0.5, 0.6) is 0 Å². The van der Waals surface area contributed by atoms with Gasteiger partial charge in [0.25, 0.3) is 0 Å². The molecule has 7 heteroatoms. The van der Waals surface area contributed by atoms with Crippen LogP contribution >= 0.6 is 11.8 Å². The maximum absolute atomic E-state index is 13.0. The number of rotatable bonds is 4. The van der Waals surface area contributed by atoms with Gasteiger partial charge in [0.2, 0.25) is 5.91 Å². The molecule has 2 rings (SSSR count). The summed E-state index contributed by atoms with van der Waals surface area (Å²) < 4.78 is 13.0. The van der Waals surface area contributed by atoms with Crippen LogP contribution in [-0.4, -0.2) is 23.7 Å². The number of nitrogen functional groups attached to an aromatic ring is 1. The van der Waals surface area contributed by atoms with Crippen molar-refractivity contribution < 1.29 is 14.0 Å². The van der Waals surface area contributed by atoms with Gasteiger partial charge in [-0.25, -0.2) is 9.18 Å². The quantitative estimate of drug-likeness (QED) is 0.577. The van der Waals surface area contributed by atoms with Gasteiger partial charge in [-0.15, -0.1) is 11.8 Å². The predicted octanol–water partition coefficient (Wildman–Crippen LogP) is 1.49. The second-order valence-electron chi connectivity index (χ2n) is 4.27. The summed E-state index contributed by atoms with van der Waals surface area (Å²) in [6.07, 6.45) is 1.91. The Balaban J connectivity index is 1.78. The maximum atomic E-state index is 13.0. The highest BCUT2D eigenvalue weighted by Crippen LogP contribution is 2.25. The number of nitrogens with one attached hydrogen (secondary N) is 2. The number of carbonyl (C=O) groups excluding carboxylic acids is 2. The fraction of sp³-hybridized carbons (Fsp3) is 0.333. The third kappa shape index (κ3) is 4.44. The molecule has 0 unspecified atom stereocenters. The average Bonchev–Trinajstić information content (AvgIpc) is 3.14. The fourth-order valence-corrected chi connectivity index (χ4v) is 2.18. The van der Waals surface area contributed by atoms with Crippen LogP contribution in [0.3, 0.4) is 0 Å². The number of imide groups is 1. The lowest BCUT2D eigenvalue weighted by molar-refractivity contribution is -0.117. The van der Waals surface area contributed by atoms with Crippen molar-refractivity contribution in [3.8, 4) is 0 Å². The van der Waals surface area contributed by atoms with E-state index in [-0.39, 0.29) is 11.8 Å². The Morgan fingerprint density at radius 1 is 1.42 bits per heavy atom. The molecule has 0 aromatic heterocycles. The summed E-state index contributed by atoms with van der Waals surface area (Å²) in [5.41, 5.74) is 6.06. The number of hydrogen-bond donors (Lipinski definition) is 3. The van der Waals surface area contributed by atoms with Crippen LogP contribution in [0.1, 0.15) is 12.8 Å². The molecule has 0 aliphatic heterocycles. The van der Waals surface area contributed by atoms with Crippen molar-refractivity contribution in [3.63, 3.8) is 0 Å². The first-order chi connectivity index (χ1) is 9.04. The van der Waals surface area contributed by atoms with E-state index in [0.717, 1.165) is 24.6 Å². The van der Waals surface area contributed by atoms with Crippen molar-refractivity contribution >= 4 is 29.4 Å².